The van der Waals surface area contributed by atoms with E-state index in [-0.39, 0.29) is 10.9 Å². The van der Waals surface area contributed by atoms with Crippen molar-refractivity contribution in [3.05, 3.63) is 62.0 Å². The van der Waals surface area contributed by atoms with Crippen LogP contribution in [0, 0.1) is 0 Å². The van der Waals surface area contributed by atoms with Crippen LogP contribution in [-0.2, 0) is 0 Å². The summed E-state index contributed by atoms with van der Waals surface area (Å²) in [6.07, 6.45) is 0. The van der Waals surface area contributed by atoms with Gasteiger partial charge in [0.05, 0.1) is 10.7 Å². The van der Waals surface area contributed by atoms with E-state index in [1.807, 2.05) is 0 Å². The molecule has 21 heavy (non-hydrogen) atoms. The van der Waals surface area contributed by atoms with E-state index in [9.17, 15) is 4.79 Å². The lowest BCUT2D eigenvalue weighted by Crippen LogP contribution is -2.17. The van der Waals surface area contributed by atoms with Gasteiger partial charge in [0.1, 0.15) is 4.99 Å². The molecule has 0 aliphatic heterocycles. The fourth-order valence-electron chi connectivity index (χ4n) is 1.67. The summed E-state index contributed by atoms with van der Waals surface area (Å²) in [5, 5.41) is 3.65. The van der Waals surface area contributed by atoms with Gasteiger partial charge in [0.25, 0.3) is 5.91 Å². The Kier molecular flexibility index (Phi) is 5.22. The lowest BCUT2D eigenvalue weighted by atomic mass is 10.1. The van der Waals surface area contributed by atoms with Gasteiger partial charge in [-0.2, -0.15) is 0 Å². The second-order valence-electron chi connectivity index (χ2n) is 4.14. The second kappa shape index (κ2) is 6.75. The van der Waals surface area contributed by atoms with Gasteiger partial charge in [0.2, 0.25) is 0 Å². The predicted octanol–water partition coefficient (Wildman–Crippen LogP) is 4.64. The molecule has 0 saturated carbocycles. The van der Waals surface area contributed by atoms with Crippen molar-refractivity contribution in [2.24, 2.45) is 5.73 Å². The predicted molar refractivity (Wildman–Crippen MR) is 94.4 cm³/mol. The topological polar surface area (TPSA) is 55.1 Å². The third-order valence-corrected chi connectivity index (χ3v) is 4.36. The Morgan fingerprint density at radius 1 is 1.19 bits per heavy atom. The van der Waals surface area contributed by atoms with Crippen molar-refractivity contribution in [3.63, 3.8) is 0 Å². The Hall–Kier alpha value is -1.14. The summed E-state index contributed by atoms with van der Waals surface area (Å²) in [6.45, 7) is 0. The molecule has 2 rings (SSSR count). The number of halogens is 3. The van der Waals surface area contributed by atoms with Crippen LogP contribution < -0.4 is 11.1 Å². The summed E-state index contributed by atoms with van der Waals surface area (Å²) in [5.41, 5.74) is 7.05. The second-order valence-corrected chi connectivity index (χ2v) is 6.27. The molecule has 1 amide bonds. The summed E-state index contributed by atoms with van der Waals surface area (Å²) in [4.78, 5) is 12.4. The monoisotopic (exact) mass is 402 g/mol. The largest absolute Gasteiger partial charge is 0.389 e. The van der Waals surface area contributed by atoms with Gasteiger partial charge in [-0.1, -0.05) is 35.4 Å². The Bertz CT molecular complexity index is 737. The van der Waals surface area contributed by atoms with Gasteiger partial charge in [-0.3, -0.25) is 4.79 Å². The van der Waals surface area contributed by atoms with Crippen molar-refractivity contribution in [3.8, 4) is 0 Å². The van der Waals surface area contributed by atoms with E-state index in [0.29, 0.717) is 31.3 Å². The highest BCUT2D eigenvalue weighted by Gasteiger charge is 2.12. The molecule has 0 fully saturated rings. The van der Waals surface area contributed by atoms with Gasteiger partial charge < -0.3 is 11.1 Å². The van der Waals surface area contributed by atoms with E-state index in [1.54, 1.807) is 36.4 Å². The zero-order valence-corrected chi connectivity index (χ0v) is 14.4. The van der Waals surface area contributed by atoms with Crippen molar-refractivity contribution in [1.29, 1.82) is 0 Å². The average Bonchev–Trinajstić information content (AvgIpc) is 2.41. The van der Waals surface area contributed by atoms with Gasteiger partial charge in [-0.25, -0.2) is 0 Å². The van der Waals surface area contributed by atoms with Crippen LogP contribution in [0.25, 0.3) is 0 Å². The van der Waals surface area contributed by atoms with Crippen LogP contribution in [0.5, 0.6) is 0 Å². The molecule has 7 heteroatoms. The first-order valence-corrected chi connectivity index (χ1v) is 7.70. The molecule has 3 nitrogen and oxygen atoms in total. The molecule has 0 bridgehead atoms. The summed E-state index contributed by atoms with van der Waals surface area (Å²) in [6, 6.07) is 9.82. The molecular weight excluding hydrogens is 395 g/mol. The molecule has 108 valence electrons. The quantitative estimate of drug-likeness (QED) is 0.733. The van der Waals surface area contributed by atoms with Crippen LogP contribution >= 0.6 is 51.3 Å². The Labute approximate surface area is 145 Å². The van der Waals surface area contributed by atoms with Gasteiger partial charge in [-0.15, -0.1) is 0 Å². The highest BCUT2D eigenvalue weighted by atomic mass is 79.9. The number of rotatable bonds is 3. The third kappa shape index (κ3) is 3.95. The van der Waals surface area contributed by atoms with E-state index in [0.717, 1.165) is 0 Å². The maximum Gasteiger partial charge on any atom is 0.255 e. The zero-order chi connectivity index (χ0) is 15.6. The molecule has 0 heterocycles. The van der Waals surface area contributed by atoms with Crippen LogP contribution in [0.4, 0.5) is 5.69 Å². The van der Waals surface area contributed by atoms with Crippen molar-refractivity contribution in [1.82, 2.24) is 0 Å². The maximum atomic E-state index is 12.3. The number of thiocarbonyl (C=S) groups is 1. The first-order valence-electron chi connectivity index (χ1n) is 5.74. The van der Waals surface area contributed by atoms with Crippen molar-refractivity contribution >= 4 is 67.9 Å². The van der Waals surface area contributed by atoms with Crippen LogP contribution in [0.3, 0.4) is 0 Å². The molecule has 0 unspecified atom stereocenters. The summed E-state index contributed by atoms with van der Waals surface area (Å²) in [7, 11) is 0. The van der Waals surface area contributed by atoms with Crippen LogP contribution in [0.1, 0.15) is 15.9 Å². The zero-order valence-electron chi connectivity index (χ0n) is 10.5. The van der Waals surface area contributed by atoms with E-state index in [4.69, 9.17) is 41.2 Å². The maximum absolute atomic E-state index is 12.3. The summed E-state index contributed by atoms with van der Waals surface area (Å²) in [5.74, 6) is -0.329. The molecular formula is C14H9BrCl2N2OS. The van der Waals surface area contributed by atoms with E-state index in [2.05, 4.69) is 21.2 Å². The van der Waals surface area contributed by atoms with Crippen molar-refractivity contribution in [2.75, 3.05) is 5.32 Å². The van der Waals surface area contributed by atoms with E-state index < -0.39 is 0 Å². The summed E-state index contributed by atoms with van der Waals surface area (Å²) >= 11 is 20.1. The number of amides is 1. The standard InChI is InChI=1S/C14H9BrCl2N2OS/c15-10-4-1-7(5-11(10)17)14(20)19-12-6-8(16)2-3-9(12)13(18)21/h1-6H,(H2,18,21)(H,19,20). The SMILES string of the molecule is NC(=S)c1ccc(Cl)cc1NC(=O)c1ccc(Br)c(Cl)c1. The number of benzene rings is 2. The first kappa shape index (κ1) is 16.2. The van der Waals surface area contributed by atoms with Gasteiger partial charge in [-0.05, 0) is 52.3 Å². The minimum Gasteiger partial charge on any atom is -0.389 e. The highest BCUT2D eigenvalue weighted by molar-refractivity contribution is 9.10. The van der Waals surface area contributed by atoms with Crippen LogP contribution in [0.2, 0.25) is 10.0 Å². The average molecular weight is 404 g/mol. The van der Waals surface area contributed by atoms with Gasteiger partial charge >= 0.3 is 0 Å². The lowest BCUT2D eigenvalue weighted by Gasteiger charge is -2.11. The van der Waals surface area contributed by atoms with Crippen molar-refractivity contribution < 1.29 is 4.79 Å². The number of hydrogen-bond acceptors (Lipinski definition) is 2. The molecule has 2 aromatic rings. The minimum atomic E-state index is -0.329. The van der Waals surface area contributed by atoms with E-state index >= 15 is 0 Å². The fourth-order valence-corrected chi connectivity index (χ4v) is 2.44. The number of carbonyl (C=O) groups is 1. The molecule has 0 radical (unpaired) electrons. The van der Waals surface area contributed by atoms with Gasteiger partial charge in [0.15, 0.2) is 0 Å². The molecule has 0 aliphatic rings. The first-order chi connectivity index (χ1) is 9.88. The van der Waals surface area contributed by atoms with Crippen LogP contribution in [-0.4, -0.2) is 10.9 Å². The lowest BCUT2D eigenvalue weighted by molar-refractivity contribution is 0.102. The third-order valence-electron chi connectivity index (χ3n) is 2.68. The molecule has 0 spiro atoms. The number of nitrogens with two attached hydrogens (primary N) is 1. The van der Waals surface area contributed by atoms with Crippen LogP contribution in [0.15, 0.2) is 40.9 Å². The molecule has 2 aromatic carbocycles. The molecule has 3 N–H and O–H groups in total. The molecule has 0 atom stereocenters. The fraction of sp³-hybridized carbons (Fsp3) is 0. The molecule has 0 aliphatic carbocycles. The van der Waals surface area contributed by atoms with Crippen molar-refractivity contribution in [2.45, 2.75) is 0 Å². The number of nitrogens with one attached hydrogen (secondary N) is 1. The number of hydrogen-bond donors (Lipinski definition) is 2. The van der Waals surface area contributed by atoms with Gasteiger partial charge in [0, 0.05) is 20.6 Å². The Morgan fingerprint density at radius 2 is 1.90 bits per heavy atom. The minimum absolute atomic E-state index is 0.177. The normalized spacial score (nSPS) is 10.2. The number of carbonyl (C=O) groups excluding carboxylic acids is 1. The molecule has 0 aromatic heterocycles. The smallest absolute Gasteiger partial charge is 0.255 e. The summed E-state index contributed by atoms with van der Waals surface area (Å²) < 4.78 is 0.715. The van der Waals surface area contributed by atoms with E-state index in [1.165, 1.54) is 0 Å². The molecule has 0 saturated heterocycles. The Balaban J connectivity index is 2.33. The highest BCUT2D eigenvalue weighted by Crippen LogP contribution is 2.25. The Morgan fingerprint density at radius 3 is 2.52 bits per heavy atom. The number of anilines is 1.